The van der Waals surface area contributed by atoms with Crippen molar-refractivity contribution >= 4 is 55.5 Å². The van der Waals surface area contributed by atoms with E-state index in [2.05, 4.69) is 113 Å². The van der Waals surface area contributed by atoms with Gasteiger partial charge in [0, 0.05) is 39.4 Å². The predicted molar refractivity (Wildman–Crippen MR) is 320 cm³/mol. The number of aromatic nitrogens is 13. The Morgan fingerprint density at radius 1 is 0.333 bits per heavy atom. The fraction of sp³-hybridized carbons (Fsp3) is 0.0149. The monoisotopic (exact) mass is 1070 g/mol. The van der Waals surface area contributed by atoms with Crippen LogP contribution in [0.25, 0.3) is 118 Å². The number of halogens is 1. The number of para-hydroxylation sites is 3. The van der Waals surface area contributed by atoms with E-state index in [1.807, 2.05) is 191 Å². The molecule has 5 aromatic heterocycles. The van der Waals surface area contributed by atoms with Crippen LogP contribution in [-0.4, -0.2) is 64.5 Å². The summed E-state index contributed by atoms with van der Waals surface area (Å²) in [6, 6.07) is 85.1. The van der Waals surface area contributed by atoms with E-state index in [1.54, 1.807) is 0 Å². The van der Waals surface area contributed by atoms with E-state index >= 15 is 0 Å². The Hall–Kier alpha value is -10.9. The van der Waals surface area contributed by atoms with Gasteiger partial charge >= 0.3 is 0 Å². The number of hydrogen-bond acceptors (Lipinski definition) is 10. The summed E-state index contributed by atoms with van der Waals surface area (Å²) in [6.45, 7) is 0. The largest absolute Gasteiger partial charge is 0.276 e. The van der Waals surface area contributed by atoms with E-state index in [1.165, 1.54) is 22.3 Å². The molecule has 1 aliphatic carbocycles. The van der Waals surface area contributed by atoms with Crippen molar-refractivity contribution in [1.29, 1.82) is 0 Å². The molecule has 0 radical (unpaired) electrons. The summed E-state index contributed by atoms with van der Waals surface area (Å²) in [7, 11) is 0. The van der Waals surface area contributed by atoms with Gasteiger partial charge in [-0.2, -0.15) is 19.9 Å². The van der Waals surface area contributed by atoms with Crippen molar-refractivity contribution in [3.8, 4) is 74.0 Å². The van der Waals surface area contributed by atoms with Gasteiger partial charge in [-0.25, -0.2) is 19.3 Å². The average molecular weight is 1070 g/mol. The molecule has 0 N–H and O–H groups in total. The minimum Gasteiger partial charge on any atom is -0.276 e. The zero-order valence-corrected chi connectivity index (χ0v) is 43.9. The lowest BCUT2D eigenvalue weighted by Crippen LogP contribution is -2.07. The van der Waals surface area contributed by atoms with Crippen LogP contribution in [0.1, 0.15) is 11.1 Å². The maximum absolute atomic E-state index is 5.99. The Balaban J connectivity index is 0.000000121. The Morgan fingerprint density at radius 3 is 1.31 bits per heavy atom. The first-order chi connectivity index (χ1) is 40.1. The molecule has 16 rings (SSSR count). The Kier molecular flexibility index (Phi) is 12.7. The standard InChI is InChI=1S/C33H21N7.C19H13N3.C15H10ClN3/c1-4-12-22(13-5-1)31-34-32(23-14-6-2-7-15-23)36-33(35-31)39-28-19-11-10-18-25(28)26-20-21-27-30(29(26)39)40(38-37-27)24-16-8-3-9-17-24;1-2-7-14(8-3-1)22-19-17-12-13-6-4-5-9-15(13)16(17)10-11-18(19)20-21-22;16-15-18-13(11-7-3-1-4-8-11)17-14(19-15)12-9-5-2-6-10-12/h1-21H;1-11H,12H2;1-10H. The number of nitrogens with zero attached hydrogens (tertiary/aromatic N) is 13. The number of hydrogen-bond donors (Lipinski definition) is 0. The van der Waals surface area contributed by atoms with E-state index < -0.39 is 0 Å². The van der Waals surface area contributed by atoms with Crippen molar-refractivity contribution in [3.63, 3.8) is 0 Å². The SMILES string of the molecule is Clc1nc(-c2ccccc2)nc(-c2ccccc2)n1.c1ccc(-c2nc(-c3ccccc3)nc(-n3c4ccccc4c4ccc5nnn(-c6ccccc6)c5c43)n2)cc1.c1ccc(-n2nnc3ccc4c(c32)Cc2ccccc2-4)cc1. The number of fused-ring (bicyclic) bond motifs is 10. The van der Waals surface area contributed by atoms with Gasteiger partial charge in [-0.05, 0) is 82.4 Å². The molecule has 0 amide bonds. The molecular formula is C67H44ClN13. The topological polar surface area (TPSA) is 144 Å². The highest BCUT2D eigenvalue weighted by Gasteiger charge is 2.25. The first-order valence-corrected chi connectivity index (χ1v) is 26.7. The molecule has 14 heteroatoms. The van der Waals surface area contributed by atoms with Gasteiger partial charge in [-0.1, -0.05) is 217 Å². The highest BCUT2D eigenvalue weighted by molar-refractivity contribution is 6.28. The molecule has 0 atom stereocenters. The van der Waals surface area contributed by atoms with Gasteiger partial charge in [-0.3, -0.25) is 4.57 Å². The lowest BCUT2D eigenvalue weighted by Gasteiger charge is -2.11. The summed E-state index contributed by atoms with van der Waals surface area (Å²) in [6.07, 6.45) is 0.947. The Bertz CT molecular complexity index is 4610. The second-order valence-corrected chi connectivity index (χ2v) is 19.5. The summed E-state index contributed by atoms with van der Waals surface area (Å²) >= 11 is 5.99. The highest BCUT2D eigenvalue weighted by atomic mass is 35.5. The summed E-state index contributed by atoms with van der Waals surface area (Å²) < 4.78 is 5.97. The summed E-state index contributed by atoms with van der Waals surface area (Å²) in [5.74, 6) is 2.92. The van der Waals surface area contributed by atoms with Gasteiger partial charge in [0.15, 0.2) is 23.3 Å². The van der Waals surface area contributed by atoms with Crippen molar-refractivity contribution in [2.45, 2.75) is 6.42 Å². The van der Waals surface area contributed by atoms with Crippen LogP contribution in [0.15, 0.2) is 255 Å². The molecule has 0 fully saturated rings. The normalized spacial score (nSPS) is 11.5. The minimum atomic E-state index is 0.202. The van der Waals surface area contributed by atoms with Crippen LogP contribution < -0.4 is 0 Å². The van der Waals surface area contributed by atoms with Gasteiger partial charge in [0.2, 0.25) is 11.2 Å². The van der Waals surface area contributed by atoms with Crippen LogP contribution in [0.2, 0.25) is 5.28 Å². The van der Waals surface area contributed by atoms with Gasteiger partial charge in [0.1, 0.15) is 16.6 Å². The Morgan fingerprint density at radius 2 is 0.765 bits per heavy atom. The molecule has 5 heterocycles. The average Bonchev–Trinajstić information content (AvgIpc) is 4.38. The van der Waals surface area contributed by atoms with E-state index in [-0.39, 0.29) is 5.28 Å². The van der Waals surface area contributed by atoms with Gasteiger partial charge in [0.05, 0.1) is 27.9 Å². The van der Waals surface area contributed by atoms with Crippen molar-refractivity contribution in [2.24, 2.45) is 0 Å². The highest BCUT2D eigenvalue weighted by Crippen LogP contribution is 2.41. The van der Waals surface area contributed by atoms with Crippen LogP contribution in [0.3, 0.4) is 0 Å². The number of rotatable bonds is 7. The van der Waals surface area contributed by atoms with Gasteiger partial charge in [0.25, 0.3) is 0 Å². The van der Waals surface area contributed by atoms with Crippen molar-refractivity contribution in [1.82, 2.24) is 64.5 Å². The van der Waals surface area contributed by atoms with Crippen LogP contribution in [0.5, 0.6) is 0 Å². The lowest BCUT2D eigenvalue weighted by atomic mass is 10.0. The van der Waals surface area contributed by atoms with Crippen LogP contribution in [0, 0.1) is 0 Å². The number of benzene rings is 10. The molecule has 13 nitrogen and oxygen atoms in total. The van der Waals surface area contributed by atoms with Crippen molar-refractivity contribution in [3.05, 3.63) is 271 Å². The first-order valence-electron chi connectivity index (χ1n) is 26.3. The fourth-order valence-corrected chi connectivity index (χ4v) is 10.6. The summed E-state index contributed by atoms with van der Waals surface area (Å²) in [5.41, 5.74) is 16.7. The molecule has 10 aromatic carbocycles. The van der Waals surface area contributed by atoms with E-state index in [4.69, 9.17) is 26.6 Å². The molecule has 81 heavy (non-hydrogen) atoms. The van der Waals surface area contributed by atoms with Crippen LogP contribution in [-0.2, 0) is 6.42 Å². The van der Waals surface area contributed by atoms with Crippen molar-refractivity contribution in [2.75, 3.05) is 0 Å². The van der Waals surface area contributed by atoms with Crippen molar-refractivity contribution < 1.29 is 0 Å². The summed E-state index contributed by atoms with van der Waals surface area (Å²) in [5, 5.41) is 20.2. The minimum absolute atomic E-state index is 0.202. The third-order valence-electron chi connectivity index (χ3n) is 14.2. The molecule has 0 aliphatic heterocycles. The predicted octanol–water partition coefficient (Wildman–Crippen LogP) is 14.9. The zero-order chi connectivity index (χ0) is 54.1. The van der Waals surface area contributed by atoms with E-state index in [9.17, 15) is 0 Å². The molecule has 0 saturated heterocycles. The van der Waals surface area contributed by atoms with Gasteiger partial charge in [-0.15, -0.1) is 10.2 Å². The lowest BCUT2D eigenvalue weighted by molar-refractivity contribution is 0.822. The van der Waals surface area contributed by atoms with E-state index in [0.717, 1.165) is 83.9 Å². The molecule has 15 aromatic rings. The molecule has 0 unspecified atom stereocenters. The first kappa shape index (κ1) is 48.5. The van der Waals surface area contributed by atoms with E-state index in [0.29, 0.717) is 29.2 Å². The smallest absolute Gasteiger partial charge is 0.238 e. The zero-order valence-electron chi connectivity index (χ0n) is 43.1. The maximum atomic E-state index is 5.99. The quantitative estimate of drug-likeness (QED) is 0.151. The van der Waals surface area contributed by atoms with Crippen LogP contribution >= 0.6 is 11.6 Å². The molecule has 0 bridgehead atoms. The molecule has 0 spiro atoms. The third kappa shape index (κ3) is 9.28. The molecular weight excluding hydrogens is 1020 g/mol. The fourth-order valence-electron chi connectivity index (χ4n) is 10.5. The van der Waals surface area contributed by atoms with Gasteiger partial charge < -0.3 is 0 Å². The summed E-state index contributed by atoms with van der Waals surface area (Å²) in [4.78, 5) is 27.8. The molecule has 0 saturated carbocycles. The second kappa shape index (κ2) is 21.2. The Labute approximate surface area is 469 Å². The van der Waals surface area contributed by atoms with Crippen LogP contribution in [0.4, 0.5) is 0 Å². The molecule has 1 aliphatic rings. The molecule has 384 valence electrons. The maximum Gasteiger partial charge on any atom is 0.238 e. The third-order valence-corrected chi connectivity index (χ3v) is 14.4. The second-order valence-electron chi connectivity index (χ2n) is 19.1.